The van der Waals surface area contributed by atoms with E-state index in [1.165, 1.54) is 0 Å². The lowest BCUT2D eigenvalue weighted by atomic mass is 9.87. The second kappa shape index (κ2) is 24.1. The van der Waals surface area contributed by atoms with E-state index in [0.717, 1.165) is 64.6 Å². The summed E-state index contributed by atoms with van der Waals surface area (Å²) in [4.78, 5) is 43.3. The summed E-state index contributed by atoms with van der Waals surface area (Å²) < 4.78 is 22.5. The van der Waals surface area contributed by atoms with E-state index in [9.17, 15) is 19.5 Å². The number of aromatic nitrogens is 1. The van der Waals surface area contributed by atoms with Crippen LogP contribution in [0.15, 0.2) is 85.1 Å². The van der Waals surface area contributed by atoms with Gasteiger partial charge in [0.2, 0.25) is 5.91 Å². The van der Waals surface area contributed by atoms with Gasteiger partial charge in [0, 0.05) is 37.3 Å². The first kappa shape index (κ1) is 43.3. The predicted molar refractivity (Wildman–Crippen MR) is 215 cm³/mol. The van der Waals surface area contributed by atoms with Gasteiger partial charge >= 0.3 is 5.97 Å². The Kier molecular flexibility index (Phi) is 19.0. The summed E-state index contributed by atoms with van der Waals surface area (Å²) in [5, 5.41) is 14.9. The molecule has 2 N–H and O–H groups in total. The number of amides is 1. The minimum atomic E-state index is -1.00. The minimum absolute atomic E-state index is 0.0504. The zero-order chi connectivity index (χ0) is 39.3. The molecule has 0 radical (unpaired) electrons. The van der Waals surface area contributed by atoms with E-state index in [1.54, 1.807) is 6.20 Å². The van der Waals surface area contributed by atoms with E-state index >= 15 is 0 Å². The van der Waals surface area contributed by atoms with Crippen molar-refractivity contribution in [3.63, 3.8) is 0 Å². The van der Waals surface area contributed by atoms with Crippen molar-refractivity contribution in [2.45, 2.75) is 77.7 Å². The van der Waals surface area contributed by atoms with Crippen LogP contribution >= 0.6 is 0 Å². The number of nitrogens with zero attached hydrogens (tertiary/aromatic N) is 1. The van der Waals surface area contributed by atoms with E-state index in [1.807, 2.05) is 61.5 Å². The summed E-state index contributed by atoms with van der Waals surface area (Å²) in [6.45, 7) is 9.40. The molecule has 4 rings (SSSR count). The van der Waals surface area contributed by atoms with Gasteiger partial charge in [0.1, 0.15) is 6.04 Å². The van der Waals surface area contributed by atoms with E-state index in [4.69, 9.17) is 18.9 Å². The van der Waals surface area contributed by atoms with Crippen LogP contribution in [0.5, 0.6) is 0 Å². The highest BCUT2D eigenvalue weighted by Gasteiger charge is 2.26. The van der Waals surface area contributed by atoms with E-state index in [-0.39, 0.29) is 44.2 Å². The maximum atomic E-state index is 13.8. The van der Waals surface area contributed by atoms with Gasteiger partial charge in [0.25, 0.3) is 0 Å². The molecular weight excluding hydrogens is 697 g/mol. The van der Waals surface area contributed by atoms with E-state index < -0.39 is 17.9 Å². The van der Waals surface area contributed by atoms with E-state index in [0.29, 0.717) is 45.4 Å². The fourth-order valence-electron chi connectivity index (χ4n) is 6.30. The van der Waals surface area contributed by atoms with Crippen LogP contribution in [0.3, 0.4) is 0 Å². The Morgan fingerprint density at radius 3 is 2.13 bits per heavy atom. The van der Waals surface area contributed by atoms with Gasteiger partial charge in [-0.15, -0.1) is 0 Å². The van der Waals surface area contributed by atoms with Gasteiger partial charge in [0.05, 0.1) is 52.7 Å². The molecule has 0 aliphatic carbocycles. The van der Waals surface area contributed by atoms with Gasteiger partial charge in [-0.25, -0.2) is 0 Å². The molecule has 0 spiro atoms. The maximum absolute atomic E-state index is 13.8. The second-order valence-electron chi connectivity index (χ2n) is 14.4. The number of carbonyl (C=O) groups is 3. The number of hydrogen-bond acceptors (Lipinski definition) is 8. The lowest BCUT2D eigenvalue weighted by Crippen LogP contribution is -2.44. The number of aliphatic carboxylic acids is 1. The predicted octanol–water partition coefficient (Wildman–Crippen LogP) is 7.74. The molecule has 296 valence electrons. The molecule has 1 amide bonds. The van der Waals surface area contributed by atoms with Crippen LogP contribution in [-0.2, 0) is 39.8 Å². The number of carboxylic acids is 1. The fraction of sp³-hybridized carbons (Fsp3) is 0.467. The first-order valence-electron chi connectivity index (χ1n) is 19.5. The van der Waals surface area contributed by atoms with Crippen LogP contribution in [0.4, 0.5) is 0 Å². The van der Waals surface area contributed by atoms with Crippen molar-refractivity contribution in [2.75, 3.05) is 52.9 Å². The molecule has 2 atom stereocenters. The lowest BCUT2D eigenvalue weighted by Gasteiger charge is -2.22. The lowest BCUT2D eigenvalue weighted by molar-refractivity contribution is -0.137. The number of pyridine rings is 1. The number of benzene rings is 3. The van der Waals surface area contributed by atoms with Crippen molar-refractivity contribution < 1.29 is 38.4 Å². The SMILES string of the molecule is Cc1ccnc(CCCCC(=O)N[C@@H](COCCOCCOCCOCCC(C)C)C(=O)C[C@H](CC(=O)O)c2ccc(-c3cccc4ccccc34)cc2)c1. The number of hydrogen-bond donors (Lipinski definition) is 2. The van der Waals surface area contributed by atoms with Crippen LogP contribution in [0.1, 0.15) is 75.1 Å². The molecule has 0 saturated carbocycles. The molecule has 10 nitrogen and oxygen atoms in total. The quantitative estimate of drug-likeness (QED) is 0.0587. The summed E-state index contributed by atoms with van der Waals surface area (Å²) in [5.41, 5.74) is 4.94. The number of ketones is 1. The zero-order valence-electron chi connectivity index (χ0n) is 32.7. The van der Waals surface area contributed by atoms with Gasteiger partial charge < -0.3 is 29.4 Å². The zero-order valence-corrected chi connectivity index (χ0v) is 32.7. The van der Waals surface area contributed by atoms with Gasteiger partial charge in [-0.3, -0.25) is 19.4 Å². The van der Waals surface area contributed by atoms with Crippen molar-refractivity contribution in [3.8, 4) is 11.1 Å². The molecule has 1 heterocycles. The Morgan fingerprint density at radius 1 is 0.764 bits per heavy atom. The Bertz CT molecular complexity index is 1750. The number of carbonyl (C=O) groups excluding carboxylic acids is 2. The molecule has 0 aliphatic heterocycles. The smallest absolute Gasteiger partial charge is 0.303 e. The number of rotatable bonds is 27. The Morgan fingerprint density at radius 2 is 1.44 bits per heavy atom. The molecule has 4 aromatic rings. The topological polar surface area (TPSA) is 133 Å². The summed E-state index contributed by atoms with van der Waals surface area (Å²) >= 11 is 0. The third-order valence-corrected chi connectivity index (χ3v) is 9.37. The molecule has 0 unspecified atom stereocenters. The second-order valence-corrected chi connectivity index (χ2v) is 14.4. The minimum Gasteiger partial charge on any atom is -0.481 e. The first-order chi connectivity index (χ1) is 26.7. The average Bonchev–Trinajstić information content (AvgIpc) is 3.17. The monoisotopic (exact) mass is 754 g/mol. The molecular formula is C45H58N2O8. The highest BCUT2D eigenvalue weighted by Crippen LogP contribution is 2.31. The Balaban J connectivity index is 1.32. The third-order valence-electron chi connectivity index (χ3n) is 9.37. The molecule has 0 aliphatic rings. The standard InChI is InChI=1S/C45H58N2O8/c1-33(2)20-22-52-23-24-53-25-26-54-27-28-55-32-42(47-44(49)14-7-5-11-39-29-34(3)19-21-46-39)43(48)30-38(31-45(50)51)35-15-17-37(18-16-35)41-13-8-10-36-9-4-6-12-40(36)41/h4,6,8-10,12-13,15-19,21,29,33,38,42H,5,7,11,14,20,22-28,30-32H2,1-3H3,(H,47,49)(H,50,51)/t38-,42+/m1/s1. The van der Waals surface area contributed by atoms with Crippen LogP contribution in [0, 0.1) is 12.8 Å². The van der Waals surface area contributed by atoms with Gasteiger partial charge in [-0.2, -0.15) is 0 Å². The molecule has 0 bridgehead atoms. The van der Waals surface area contributed by atoms with Crippen molar-refractivity contribution in [2.24, 2.45) is 5.92 Å². The van der Waals surface area contributed by atoms with Crippen LogP contribution < -0.4 is 5.32 Å². The van der Waals surface area contributed by atoms with E-state index in [2.05, 4.69) is 48.4 Å². The molecule has 3 aromatic carbocycles. The maximum Gasteiger partial charge on any atom is 0.303 e. The van der Waals surface area contributed by atoms with Crippen molar-refractivity contribution in [3.05, 3.63) is 102 Å². The number of unbranched alkanes of at least 4 members (excludes halogenated alkanes) is 1. The van der Waals surface area contributed by atoms with Gasteiger partial charge in [-0.1, -0.05) is 80.6 Å². The average molecular weight is 755 g/mol. The normalized spacial score (nSPS) is 12.5. The van der Waals surface area contributed by atoms with Crippen molar-refractivity contribution in [1.82, 2.24) is 10.3 Å². The number of nitrogens with one attached hydrogen (secondary N) is 1. The van der Waals surface area contributed by atoms with Crippen LogP contribution in [-0.4, -0.2) is 86.6 Å². The number of fused-ring (bicyclic) bond motifs is 1. The Hall–Kier alpha value is -4.48. The first-order valence-corrected chi connectivity index (χ1v) is 19.5. The molecule has 10 heteroatoms. The summed E-state index contributed by atoms with van der Waals surface area (Å²) in [6, 6.07) is 25.1. The number of aryl methyl sites for hydroxylation is 2. The highest BCUT2D eigenvalue weighted by molar-refractivity contribution is 5.96. The summed E-state index contributed by atoms with van der Waals surface area (Å²) in [6.07, 6.45) is 4.93. The molecule has 55 heavy (non-hydrogen) atoms. The van der Waals surface area contributed by atoms with Crippen LogP contribution in [0.2, 0.25) is 0 Å². The fourth-order valence-corrected chi connectivity index (χ4v) is 6.30. The van der Waals surface area contributed by atoms with Crippen molar-refractivity contribution >= 4 is 28.4 Å². The Labute approximate surface area is 325 Å². The molecule has 1 aromatic heterocycles. The summed E-state index contributed by atoms with van der Waals surface area (Å²) in [7, 11) is 0. The van der Waals surface area contributed by atoms with Gasteiger partial charge in [0.15, 0.2) is 5.78 Å². The number of Topliss-reactive ketones (excluding diaryl/α,β-unsaturated/α-hetero) is 1. The van der Waals surface area contributed by atoms with Crippen LogP contribution in [0.25, 0.3) is 21.9 Å². The largest absolute Gasteiger partial charge is 0.481 e. The van der Waals surface area contributed by atoms with Crippen molar-refractivity contribution in [1.29, 1.82) is 0 Å². The number of carboxylic acid groups (broad SMARTS) is 1. The highest BCUT2D eigenvalue weighted by atomic mass is 16.6. The third kappa shape index (κ3) is 16.0. The van der Waals surface area contributed by atoms with Gasteiger partial charge in [-0.05, 0) is 83.7 Å². The summed E-state index contributed by atoms with van der Waals surface area (Å²) in [5.74, 6) is -1.52. The molecule has 0 saturated heterocycles. The molecule has 0 fully saturated rings. The number of ether oxygens (including phenoxy) is 4.